The maximum atomic E-state index is 12.0. The maximum Gasteiger partial charge on any atom is 0.216 e. The summed E-state index contributed by atoms with van der Waals surface area (Å²) in [6, 6.07) is 7.49. The van der Waals surface area contributed by atoms with Crippen LogP contribution in [0.5, 0.6) is 0 Å². The van der Waals surface area contributed by atoms with Gasteiger partial charge in [-0.25, -0.2) is 0 Å². The predicted molar refractivity (Wildman–Crippen MR) is 71.1 cm³/mol. The second kappa shape index (κ2) is 5.97. The minimum Gasteiger partial charge on any atom is -0.544 e. The highest BCUT2D eigenvalue weighted by atomic mass is 16.4. The number of quaternary nitrogens is 1. The van der Waals surface area contributed by atoms with E-state index in [1.54, 1.807) is 19.2 Å². The van der Waals surface area contributed by atoms with Crippen LogP contribution in [0.25, 0.3) is 0 Å². The first-order chi connectivity index (χ1) is 8.70. The van der Waals surface area contributed by atoms with E-state index < -0.39 is 5.97 Å². The molecule has 0 radical (unpaired) electrons. The second-order valence-electron chi connectivity index (χ2n) is 5.93. The van der Waals surface area contributed by atoms with Gasteiger partial charge in [0, 0.05) is 5.56 Å². The first kappa shape index (κ1) is 15.4. The Morgan fingerprint density at radius 2 is 1.63 bits per heavy atom. The molecule has 4 heteroatoms. The van der Waals surface area contributed by atoms with Crippen LogP contribution in [0, 0.1) is 0 Å². The lowest BCUT2D eigenvalue weighted by molar-refractivity contribution is -0.864. The van der Waals surface area contributed by atoms with E-state index in [0.29, 0.717) is 10.5 Å². The zero-order chi connectivity index (χ0) is 14.6. The number of carboxylic acids is 1. The van der Waals surface area contributed by atoms with Gasteiger partial charge in [-0.1, -0.05) is 45.0 Å². The van der Waals surface area contributed by atoms with E-state index in [1.165, 1.54) is 5.56 Å². The molecule has 1 rings (SSSR count). The Morgan fingerprint density at radius 1 is 1.11 bits per heavy atom. The van der Waals surface area contributed by atoms with Crippen LogP contribution in [0.4, 0.5) is 0 Å². The number of hydrogen-bond acceptors (Lipinski definition) is 3. The molecule has 4 nitrogen and oxygen atoms in total. The summed E-state index contributed by atoms with van der Waals surface area (Å²) in [6.07, 6.45) is 0. The van der Waals surface area contributed by atoms with Crippen LogP contribution in [0.15, 0.2) is 24.3 Å². The van der Waals surface area contributed by atoms with Crippen LogP contribution in [0.1, 0.15) is 36.7 Å². The molecule has 1 atom stereocenters. The zero-order valence-electron chi connectivity index (χ0n) is 11.9. The van der Waals surface area contributed by atoms with Crippen LogP contribution >= 0.6 is 0 Å². The molecule has 0 aliphatic rings. The number of carboxylic acid groups (broad SMARTS) is 1. The lowest BCUT2D eigenvalue weighted by Gasteiger charge is -2.19. The van der Waals surface area contributed by atoms with Crippen LogP contribution in [-0.2, 0) is 10.2 Å². The molecule has 1 aromatic carbocycles. The largest absolute Gasteiger partial charge is 0.544 e. The van der Waals surface area contributed by atoms with Gasteiger partial charge in [-0.3, -0.25) is 4.79 Å². The van der Waals surface area contributed by atoms with Crippen molar-refractivity contribution in [2.75, 3.05) is 20.1 Å². The average molecular weight is 263 g/mol. The quantitative estimate of drug-likeness (QED) is 0.724. The number of hydrogen-bond donors (Lipinski definition) is 1. The number of nitrogens with one attached hydrogen (secondary N) is 1. The molecule has 1 aromatic rings. The van der Waals surface area contributed by atoms with Gasteiger partial charge in [-0.2, -0.15) is 0 Å². The van der Waals surface area contributed by atoms with Gasteiger partial charge in [0.2, 0.25) is 5.78 Å². The maximum absolute atomic E-state index is 12.0. The molecule has 0 heterocycles. The summed E-state index contributed by atoms with van der Waals surface area (Å²) in [7, 11) is 1.66. The molecule has 0 saturated heterocycles. The monoisotopic (exact) mass is 263 g/mol. The van der Waals surface area contributed by atoms with Gasteiger partial charge in [-0.15, -0.1) is 0 Å². The van der Waals surface area contributed by atoms with Crippen molar-refractivity contribution in [1.29, 1.82) is 0 Å². The lowest BCUT2D eigenvalue weighted by Crippen LogP contribution is -3.11. The predicted octanol–water partition coefficient (Wildman–Crippen LogP) is -0.569. The molecule has 0 bridgehead atoms. The molecule has 0 aliphatic carbocycles. The molecule has 1 N–H and O–H groups in total. The van der Waals surface area contributed by atoms with E-state index in [-0.39, 0.29) is 24.3 Å². The average Bonchev–Trinajstić information content (AvgIpc) is 2.26. The summed E-state index contributed by atoms with van der Waals surface area (Å²) in [5.41, 5.74) is 1.84. The smallest absolute Gasteiger partial charge is 0.216 e. The Labute approximate surface area is 114 Å². The molecule has 0 amide bonds. The minimum atomic E-state index is -1.15. The Bertz CT molecular complexity index is 457. The fourth-order valence-corrected chi connectivity index (χ4v) is 1.84. The van der Waals surface area contributed by atoms with E-state index >= 15 is 0 Å². The van der Waals surface area contributed by atoms with Crippen LogP contribution in [-0.4, -0.2) is 31.9 Å². The van der Waals surface area contributed by atoms with Crippen molar-refractivity contribution < 1.29 is 19.6 Å². The van der Waals surface area contributed by atoms with Crippen molar-refractivity contribution in [1.82, 2.24) is 0 Å². The number of aliphatic carboxylic acids is 1. The highest BCUT2D eigenvalue weighted by molar-refractivity contribution is 5.96. The fraction of sp³-hybridized carbons (Fsp3) is 0.467. The molecule has 104 valence electrons. The number of carbonyl (C=O) groups is 2. The summed E-state index contributed by atoms with van der Waals surface area (Å²) in [6.45, 7) is 6.33. The molecule has 1 unspecified atom stereocenters. The number of likely N-dealkylation sites (N-methyl/N-ethyl adjacent to an activating group) is 1. The van der Waals surface area contributed by atoms with Crippen LogP contribution in [0.2, 0.25) is 0 Å². The highest BCUT2D eigenvalue weighted by Gasteiger charge is 2.16. The topological polar surface area (TPSA) is 61.6 Å². The number of carbonyl (C=O) groups excluding carboxylic acids is 2. The zero-order valence-corrected chi connectivity index (χ0v) is 11.9. The molecule has 0 aliphatic heterocycles. The molecule has 0 fully saturated rings. The second-order valence-corrected chi connectivity index (χ2v) is 5.93. The fourth-order valence-electron chi connectivity index (χ4n) is 1.84. The normalized spacial score (nSPS) is 13.1. The Morgan fingerprint density at radius 3 is 2.05 bits per heavy atom. The van der Waals surface area contributed by atoms with Crippen molar-refractivity contribution in [3.05, 3.63) is 35.4 Å². The van der Waals surface area contributed by atoms with Gasteiger partial charge < -0.3 is 14.8 Å². The van der Waals surface area contributed by atoms with E-state index in [2.05, 4.69) is 20.8 Å². The van der Waals surface area contributed by atoms with Gasteiger partial charge in [0.1, 0.15) is 13.1 Å². The van der Waals surface area contributed by atoms with Crippen molar-refractivity contribution in [2.45, 2.75) is 26.2 Å². The molecular weight excluding hydrogens is 242 g/mol. The molecule has 0 aromatic heterocycles. The van der Waals surface area contributed by atoms with Gasteiger partial charge in [0.25, 0.3) is 0 Å². The molecular formula is C15H21NO3. The van der Waals surface area contributed by atoms with E-state index in [9.17, 15) is 14.7 Å². The third-order valence-electron chi connectivity index (χ3n) is 2.98. The third-order valence-corrected chi connectivity index (χ3v) is 2.98. The van der Waals surface area contributed by atoms with Crippen LogP contribution in [0.3, 0.4) is 0 Å². The standard InChI is InChI=1S/C15H21NO3/c1-15(2,3)12-7-5-11(6-8-12)13(17)9-16(4)10-14(18)19/h5-8H,9-10H2,1-4H3,(H,18,19). The van der Waals surface area contributed by atoms with E-state index in [1.807, 2.05) is 12.1 Å². The first-order valence-electron chi connectivity index (χ1n) is 6.35. The lowest BCUT2D eigenvalue weighted by atomic mass is 9.86. The Hall–Kier alpha value is -1.68. The van der Waals surface area contributed by atoms with Gasteiger partial charge in [-0.05, 0) is 11.0 Å². The summed E-state index contributed by atoms with van der Waals surface area (Å²) in [5, 5.41) is 10.4. The number of rotatable bonds is 5. The van der Waals surface area contributed by atoms with E-state index in [4.69, 9.17) is 0 Å². The number of ketones is 1. The van der Waals surface area contributed by atoms with Gasteiger partial charge in [0.15, 0.2) is 0 Å². The van der Waals surface area contributed by atoms with Crippen LogP contribution < -0.4 is 10.0 Å². The highest BCUT2D eigenvalue weighted by Crippen LogP contribution is 2.22. The van der Waals surface area contributed by atoms with Crippen molar-refractivity contribution in [3.63, 3.8) is 0 Å². The minimum absolute atomic E-state index is 0.0542. The molecule has 0 saturated carbocycles. The first-order valence-corrected chi connectivity index (χ1v) is 6.35. The van der Waals surface area contributed by atoms with Gasteiger partial charge in [0.05, 0.1) is 13.0 Å². The van der Waals surface area contributed by atoms with Crippen molar-refractivity contribution in [3.8, 4) is 0 Å². The SMILES string of the molecule is C[NH+](CC(=O)[O-])CC(=O)c1ccc(C(C)(C)C)cc1. The van der Waals surface area contributed by atoms with Gasteiger partial charge >= 0.3 is 0 Å². The van der Waals surface area contributed by atoms with Crippen molar-refractivity contribution in [2.24, 2.45) is 0 Å². The Kier molecular flexibility index (Phi) is 4.84. The Balaban J connectivity index is 2.71. The molecule has 19 heavy (non-hydrogen) atoms. The summed E-state index contributed by atoms with van der Waals surface area (Å²) in [4.78, 5) is 23.0. The number of Topliss-reactive ketones (excluding diaryl/α,β-unsaturated/α-hetero) is 1. The summed E-state index contributed by atoms with van der Waals surface area (Å²) >= 11 is 0. The summed E-state index contributed by atoms with van der Waals surface area (Å²) < 4.78 is 0. The summed E-state index contributed by atoms with van der Waals surface area (Å²) in [5.74, 6) is -1.20. The third kappa shape index (κ3) is 4.83. The van der Waals surface area contributed by atoms with E-state index in [0.717, 1.165) is 0 Å². The molecule has 0 spiro atoms. The van der Waals surface area contributed by atoms with Crippen molar-refractivity contribution >= 4 is 11.8 Å². The number of benzene rings is 1.